The number of hydrogen-bond acceptors (Lipinski definition) is 4. The molecule has 18 heavy (non-hydrogen) atoms. The average molecular weight is 276 g/mol. The van der Waals surface area contributed by atoms with E-state index in [4.69, 9.17) is 15.2 Å². The molecule has 0 aliphatic carbocycles. The summed E-state index contributed by atoms with van der Waals surface area (Å²) in [5.41, 5.74) is 7.02. The van der Waals surface area contributed by atoms with Crippen LogP contribution in [-0.2, 0) is 0 Å². The Kier molecular flexibility index (Phi) is 6.88. The Morgan fingerprint density at radius 3 is 2.00 bits per heavy atom. The molecule has 2 atom stereocenters. The van der Waals surface area contributed by atoms with Gasteiger partial charge < -0.3 is 20.3 Å². The summed E-state index contributed by atoms with van der Waals surface area (Å²) < 4.78 is 10.5. The van der Waals surface area contributed by atoms with E-state index in [9.17, 15) is 5.11 Å². The van der Waals surface area contributed by atoms with Gasteiger partial charge in [0.05, 0.1) is 19.8 Å². The second kappa shape index (κ2) is 7.34. The number of halogens is 1. The zero-order valence-electron chi connectivity index (χ0n) is 11.3. The van der Waals surface area contributed by atoms with Crippen molar-refractivity contribution in [3.8, 4) is 17.2 Å². The molecular formula is C13H22ClNO3. The highest BCUT2D eigenvalue weighted by Gasteiger charge is 2.22. The molecule has 1 aromatic rings. The van der Waals surface area contributed by atoms with E-state index in [0.717, 1.165) is 12.0 Å². The van der Waals surface area contributed by atoms with E-state index in [2.05, 4.69) is 13.8 Å². The van der Waals surface area contributed by atoms with Gasteiger partial charge in [0.25, 0.3) is 0 Å². The van der Waals surface area contributed by atoms with E-state index < -0.39 is 0 Å². The summed E-state index contributed by atoms with van der Waals surface area (Å²) in [6, 6.07) is 2.94. The molecule has 104 valence electrons. The van der Waals surface area contributed by atoms with Gasteiger partial charge in [-0.2, -0.15) is 0 Å². The molecule has 3 N–H and O–H groups in total. The highest BCUT2D eigenvalue weighted by atomic mass is 35.5. The first-order chi connectivity index (χ1) is 8.04. The van der Waals surface area contributed by atoms with Gasteiger partial charge >= 0.3 is 0 Å². The van der Waals surface area contributed by atoms with Crippen LogP contribution in [0.15, 0.2) is 12.1 Å². The van der Waals surface area contributed by atoms with Crippen LogP contribution >= 0.6 is 12.4 Å². The van der Waals surface area contributed by atoms with Crippen molar-refractivity contribution in [3.05, 3.63) is 17.7 Å². The first-order valence-electron chi connectivity index (χ1n) is 5.75. The molecule has 5 heteroatoms. The fourth-order valence-electron chi connectivity index (χ4n) is 1.79. The number of benzene rings is 1. The molecular weight excluding hydrogens is 254 g/mol. The van der Waals surface area contributed by atoms with E-state index in [1.807, 2.05) is 0 Å². The van der Waals surface area contributed by atoms with Gasteiger partial charge in [-0.05, 0) is 5.92 Å². The third kappa shape index (κ3) is 3.43. The van der Waals surface area contributed by atoms with Crippen LogP contribution in [0.1, 0.15) is 31.9 Å². The molecule has 4 nitrogen and oxygen atoms in total. The molecule has 0 amide bonds. The molecule has 0 aliphatic heterocycles. The third-order valence-electron chi connectivity index (χ3n) is 3.12. The van der Waals surface area contributed by atoms with Crippen LogP contribution in [0.4, 0.5) is 0 Å². The van der Waals surface area contributed by atoms with Crippen LogP contribution in [0.2, 0.25) is 0 Å². The van der Waals surface area contributed by atoms with Crippen LogP contribution in [-0.4, -0.2) is 19.3 Å². The molecule has 1 aromatic carbocycles. The maximum absolute atomic E-state index is 9.56. The third-order valence-corrected chi connectivity index (χ3v) is 3.12. The molecule has 0 aliphatic rings. The minimum absolute atomic E-state index is 0. The van der Waals surface area contributed by atoms with Gasteiger partial charge in [0.2, 0.25) is 0 Å². The van der Waals surface area contributed by atoms with Crippen LogP contribution in [0.5, 0.6) is 17.2 Å². The van der Waals surface area contributed by atoms with Gasteiger partial charge in [0.1, 0.15) is 17.2 Å². The fourth-order valence-corrected chi connectivity index (χ4v) is 1.79. The summed E-state index contributed by atoms with van der Waals surface area (Å²) in [7, 11) is 3.11. The number of rotatable bonds is 5. The van der Waals surface area contributed by atoms with Crippen LogP contribution < -0.4 is 15.2 Å². The van der Waals surface area contributed by atoms with E-state index in [0.29, 0.717) is 17.4 Å². The Balaban J connectivity index is 0.00000289. The predicted molar refractivity (Wildman–Crippen MR) is 74.8 cm³/mol. The Morgan fingerprint density at radius 1 is 1.22 bits per heavy atom. The lowest BCUT2D eigenvalue weighted by Crippen LogP contribution is -2.20. The van der Waals surface area contributed by atoms with Crippen molar-refractivity contribution in [3.63, 3.8) is 0 Å². The van der Waals surface area contributed by atoms with Crippen LogP contribution in [0.3, 0.4) is 0 Å². The standard InChI is InChI=1S/C13H21NO3.ClH/c1-5-8(2)13(14)12-10(16-3)6-9(15)7-11(12)17-4;/h6-8,13,15H,5,14H2,1-4H3;1H/t8?,13-;/m1./s1. The van der Waals surface area contributed by atoms with E-state index in [1.165, 1.54) is 0 Å². The van der Waals surface area contributed by atoms with Crippen molar-refractivity contribution in [2.45, 2.75) is 26.3 Å². The van der Waals surface area contributed by atoms with Gasteiger partial charge in [0, 0.05) is 18.2 Å². The predicted octanol–water partition coefficient (Wildman–Crippen LogP) is 2.88. The summed E-state index contributed by atoms with van der Waals surface area (Å²) in [5, 5.41) is 9.56. The minimum Gasteiger partial charge on any atom is -0.508 e. The van der Waals surface area contributed by atoms with E-state index in [1.54, 1.807) is 26.4 Å². The minimum atomic E-state index is -0.175. The first-order valence-corrected chi connectivity index (χ1v) is 5.75. The number of phenols is 1. The van der Waals surface area contributed by atoms with Gasteiger partial charge in [0.15, 0.2) is 0 Å². The molecule has 0 radical (unpaired) electrons. The zero-order chi connectivity index (χ0) is 13.0. The molecule has 0 saturated heterocycles. The Morgan fingerprint density at radius 2 is 1.67 bits per heavy atom. The quantitative estimate of drug-likeness (QED) is 0.867. The number of ether oxygens (including phenoxy) is 2. The maximum atomic E-state index is 9.56. The molecule has 0 aromatic heterocycles. The Bertz CT molecular complexity index is 359. The number of aromatic hydroxyl groups is 1. The largest absolute Gasteiger partial charge is 0.508 e. The average Bonchev–Trinajstić information content (AvgIpc) is 2.35. The van der Waals surface area contributed by atoms with Crippen molar-refractivity contribution in [1.29, 1.82) is 0 Å². The van der Waals surface area contributed by atoms with Crippen molar-refractivity contribution in [2.24, 2.45) is 11.7 Å². The SMILES string of the molecule is CCC(C)[C@@H](N)c1c(OC)cc(O)cc1OC.Cl. The maximum Gasteiger partial charge on any atom is 0.131 e. The van der Waals surface area contributed by atoms with Crippen molar-refractivity contribution in [1.82, 2.24) is 0 Å². The smallest absolute Gasteiger partial charge is 0.131 e. The van der Waals surface area contributed by atoms with Crippen molar-refractivity contribution < 1.29 is 14.6 Å². The lowest BCUT2D eigenvalue weighted by molar-refractivity contribution is 0.354. The highest BCUT2D eigenvalue weighted by molar-refractivity contribution is 5.85. The lowest BCUT2D eigenvalue weighted by atomic mass is 9.92. The summed E-state index contributed by atoms with van der Waals surface area (Å²) in [5.74, 6) is 1.55. The normalized spacial score (nSPS) is 13.4. The molecule has 0 bridgehead atoms. The Labute approximate surface area is 115 Å². The second-order valence-corrected chi connectivity index (χ2v) is 4.18. The molecule has 0 saturated carbocycles. The van der Waals surface area contributed by atoms with Crippen molar-refractivity contribution >= 4 is 12.4 Å². The van der Waals surface area contributed by atoms with Crippen LogP contribution in [0.25, 0.3) is 0 Å². The number of hydrogen-bond donors (Lipinski definition) is 2. The van der Waals surface area contributed by atoms with Gasteiger partial charge in [-0.3, -0.25) is 0 Å². The molecule has 0 spiro atoms. The molecule has 1 rings (SSSR count). The van der Waals surface area contributed by atoms with Crippen molar-refractivity contribution in [2.75, 3.05) is 14.2 Å². The van der Waals surface area contributed by atoms with Gasteiger partial charge in [-0.1, -0.05) is 20.3 Å². The fraction of sp³-hybridized carbons (Fsp3) is 0.538. The summed E-state index contributed by atoms with van der Waals surface area (Å²) in [6.45, 7) is 4.17. The van der Waals surface area contributed by atoms with Crippen LogP contribution in [0, 0.1) is 5.92 Å². The Hall–Kier alpha value is -1.13. The molecule has 1 unspecified atom stereocenters. The summed E-state index contributed by atoms with van der Waals surface area (Å²) >= 11 is 0. The van der Waals surface area contributed by atoms with Gasteiger partial charge in [-0.25, -0.2) is 0 Å². The number of methoxy groups -OCH3 is 2. The number of phenolic OH excluding ortho intramolecular Hbond substituents is 1. The molecule has 0 heterocycles. The van der Waals surface area contributed by atoms with E-state index in [-0.39, 0.29) is 24.2 Å². The van der Waals surface area contributed by atoms with E-state index >= 15 is 0 Å². The monoisotopic (exact) mass is 275 g/mol. The van der Waals surface area contributed by atoms with Gasteiger partial charge in [-0.15, -0.1) is 12.4 Å². The highest BCUT2D eigenvalue weighted by Crippen LogP contribution is 2.39. The molecule has 0 fully saturated rings. The topological polar surface area (TPSA) is 64.7 Å². The first kappa shape index (κ1) is 16.9. The zero-order valence-corrected chi connectivity index (χ0v) is 12.1. The summed E-state index contributed by atoms with van der Waals surface area (Å²) in [6.07, 6.45) is 0.967. The lowest BCUT2D eigenvalue weighted by Gasteiger charge is -2.23. The second-order valence-electron chi connectivity index (χ2n) is 4.18. The summed E-state index contributed by atoms with van der Waals surface area (Å²) in [4.78, 5) is 0. The number of nitrogens with two attached hydrogens (primary N) is 1.